The van der Waals surface area contributed by atoms with E-state index in [1.807, 2.05) is 6.07 Å². The van der Waals surface area contributed by atoms with E-state index in [4.69, 9.17) is 4.74 Å². The third-order valence-electron chi connectivity index (χ3n) is 2.38. The van der Waals surface area contributed by atoms with Crippen molar-refractivity contribution in [3.63, 3.8) is 0 Å². The average molecular weight is 207 g/mol. The van der Waals surface area contributed by atoms with Crippen LogP contribution in [0.2, 0.25) is 0 Å². The quantitative estimate of drug-likeness (QED) is 0.728. The first-order valence-corrected chi connectivity index (χ1v) is 4.91. The van der Waals surface area contributed by atoms with Gasteiger partial charge in [-0.05, 0) is 12.1 Å². The fourth-order valence-electron chi connectivity index (χ4n) is 1.57. The smallest absolute Gasteiger partial charge is 0.256 e. The Morgan fingerprint density at radius 1 is 1.40 bits per heavy atom. The summed E-state index contributed by atoms with van der Waals surface area (Å²) in [6.07, 6.45) is -0.827. The highest BCUT2D eigenvalue weighted by molar-refractivity contribution is 5.94. The molecule has 1 N–H and O–H groups in total. The van der Waals surface area contributed by atoms with Gasteiger partial charge in [0.15, 0.2) is 6.23 Å². The summed E-state index contributed by atoms with van der Waals surface area (Å²) in [6, 6.07) is 8.95. The zero-order valence-corrected chi connectivity index (χ0v) is 8.30. The van der Waals surface area contributed by atoms with Crippen molar-refractivity contribution in [3.05, 3.63) is 35.9 Å². The van der Waals surface area contributed by atoms with Crippen molar-refractivity contribution in [1.29, 1.82) is 0 Å². The first-order valence-electron chi connectivity index (χ1n) is 4.91. The molecule has 4 nitrogen and oxygen atoms in total. The van der Waals surface area contributed by atoms with Crippen LogP contribution in [-0.2, 0) is 4.74 Å². The van der Waals surface area contributed by atoms with Crippen LogP contribution in [0, 0.1) is 0 Å². The SMILES string of the molecule is O=C(c1ccccc1)N1CCOCC1O. The Bertz CT molecular complexity index is 339. The van der Waals surface area contributed by atoms with Gasteiger partial charge in [-0.15, -0.1) is 0 Å². The van der Waals surface area contributed by atoms with E-state index in [0.717, 1.165) is 0 Å². The van der Waals surface area contributed by atoms with Crippen LogP contribution in [0.1, 0.15) is 10.4 Å². The summed E-state index contributed by atoms with van der Waals surface area (Å²) >= 11 is 0. The number of nitrogens with zero attached hydrogens (tertiary/aromatic N) is 1. The number of morpholine rings is 1. The van der Waals surface area contributed by atoms with Gasteiger partial charge in [0.1, 0.15) is 0 Å². The molecule has 1 saturated heterocycles. The number of aliphatic hydroxyl groups excluding tert-OH is 1. The van der Waals surface area contributed by atoms with Gasteiger partial charge in [-0.1, -0.05) is 18.2 Å². The second kappa shape index (κ2) is 4.42. The summed E-state index contributed by atoms with van der Waals surface area (Å²) in [7, 11) is 0. The number of aliphatic hydroxyl groups is 1. The minimum atomic E-state index is -0.827. The molecule has 15 heavy (non-hydrogen) atoms. The molecule has 0 bridgehead atoms. The number of ether oxygens (including phenoxy) is 1. The molecule has 0 aliphatic carbocycles. The zero-order chi connectivity index (χ0) is 10.7. The zero-order valence-electron chi connectivity index (χ0n) is 8.30. The van der Waals surface area contributed by atoms with E-state index in [0.29, 0.717) is 18.7 Å². The molecule has 1 amide bonds. The van der Waals surface area contributed by atoms with Crippen molar-refractivity contribution >= 4 is 5.91 Å². The molecule has 0 aromatic heterocycles. The molecule has 1 unspecified atom stereocenters. The van der Waals surface area contributed by atoms with E-state index >= 15 is 0 Å². The fourth-order valence-corrected chi connectivity index (χ4v) is 1.57. The monoisotopic (exact) mass is 207 g/mol. The lowest BCUT2D eigenvalue weighted by Gasteiger charge is -2.31. The maximum atomic E-state index is 11.9. The third kappa shape index (κ3) is 2.16. The Morgan fingerprint density at radius 3 is 2.80 bits per heavy atom. The molecule has 1 aliphatic rings. The fraction of sp³-hybridized carbons (Fsp3) is 0.364. The second-order valence-electron chi connectivity index (χ2n) is 3.42. The number of hydrogen-bond donors (Lipinski definition) is 1. The Labute approximate surface area is 88.1 Å². The second-order valence-corrected chi connectivity index (χ2v) is 3.42. The summed E-state index contributed by atoms with van der Waals surface area (Å²) in [4.78, 5) is 13.3. The van der Waals surface area contributed by atoms with Crippen molar-refractivity contribution in [2.45, 2.75) is 6.23 Å². The van der Waals surface area contributed by atoms with Gasteiger partial charge in [0.2, 0.25) is 0 Å². The molecule has 1 aliphatic heterocycles. The molecule has 0 radical (unpaired) electrons. The lowest BCUT2D eigenvalue weighted by atomic mass is 10.2. The van der Waals surface area contributed by atoms with E-state index in [2.05, 4.69) is 0 Å². The molecule has 1 aromatic carbocycles. The number of carbonyl (C=O) groups excluding carboxylic acids is 1. The summed E-state index contributed by atoms with van der Waals surface area (Å²) < 4.78 is 5.05. The van der Waals surface area contributed by atoms with Crippen molar-refractivity contribution in [3.8, 4) is 0 Å². The largest absolute Gasteiger partial charge is 0.375 e. The maximum Gasteiger partial charge on any atom is 0.256 e. The van der Waals surface area contributed by atoms with Gasteiger partial charge in [-0.3, -0.25) is 4.79 Å². The van der Waals surface area contributed by atoms with Gasteiger partial charge in [-0.2, -0.15) is 0 Å². The van der Waals surface area contributed by atoms with Crippen LogP contribution in [-0.4, -0.2) is 41.9 Å². The third-order valence-corrected chi connectivity index (χ3v) is 2.38. The predicted octanol–water partition coefficient (Wildman–Crippen LogP) is 0.477. The van der Waals surface area contributed by atoms with Crippen molar-refractivity contribution < 1.29 is 14.6 Å². The van der Waals surface area contributed by atoms with E-state index in [1.165, 1.54) is 4.90 Å². The minimum absolute atomic E-state index is 0.147. The molecule has 0 spiro atoms. The van der Waals surface area contributed by atoms with Crippen LogP contribution in [0.3, 0.4) is 0 Å². The van der Waals surface area contributed by atoms with Gasteiger partial charge in [-0.25, -0.2) is 0 Å². The summed E-state index contributed by atoms with van der Waals surface area (Å²) in [5, 5.41) is 9.58. The Kier molecular flexibility index (Phi) is 2.99. The van der Waals surface area contributed by atoms with E-state index < -0.39 is 6.23 Å². The Hall–Kier alpha value is -1.39. The summed E-state index contributed by atoms with van der Waals surface area (Å²) in [5.41, 5.74) is 0.596. The van der Waals surface area contributed by atoms with E-state index in [1.54, 1.807) is 24.3 Å². The van der Waals surface area contributed by atoms with Crippen LogP contribution in [0.5, 0.6) is 0 Å². The highest BCUT2D eigenvalue weighted by atomic mass is 16.5. The molecular weight excluding hydrogens is 194 g/mol. The summed E-state index contributed by atoms with van der Waals surface area (Å²) in [5.74, 6) is -0.147. The molecule has 2 rings (SSSR count). The van der Waals surface area contributed by atoms with Crippen molar-refractivity contribution in [2.24, 2.45) is 0 Å². The first kappa shape index (κ1) is 10.1. The van der Waals surface area contributed by atoms with Crippen molar-refractivity contribution in [1.82, 2.24) is 4.90 Å². The molecule has 0 saturated carbocycles. The number of hydrogen-bond acceptors (Lipinski definition) is 3. The van der Waals surface area contributed by atoms with Crippen LogP contribution >= 0.6 is 0 Å². The van der Waals surface area contributed by atoms with Gasteiger partial charge in [0.25, 0.3) is 5.91 Å². The predicted molar refractivity (Wildman–Crippen MR) is 54.3 cm³/mol. The van der Waals surface area contributed by atoms with Crippen LogP contribution < -0.4 is 0 Å². The maximum absolute atomic E-state index is 11.9. The molecule has 1 aromatic rings. The molecule has 80 valence electrons. The topological polar surface area (TPSA) is 49.8 Å². The number of amides is 1. The van der Waals surface area contributed by atoms with E-state index in [-0.39, 0.29) is 12.5 Å². The average Bonchev–Trinajstić information content (AvgIpc) is 2.30. The lowest BCUT2D eigenvalue weighted by Crippen LogP contribution is -2.48. The first-order chi connectivity index (χ1) is 7.29. The molecule has 1 fully saturated rings. The summed E-state index contributed by atoms with van der Waals surface area (Å²) in [6.45, 7) is 1.11. The lowest BCUT2D eigenvalue weighted by molar-refractivity contribution is -0.0874. The van der Waals surface area contributed by atoms with Gasteiger partial charge in [0.05, 0.1) is 13.2 Å². The molecule has 1 atom stereocenters. The minimum Gasteiger partial charge on any atom is -0.375 e. The number of rotatable bonds is 1. The van der Waals surface area contributed by atoms with E-state index in [9.17, 15) is 9.90 Å². The van der Waals surface area contributed by atoms with Crippen LogP contribution in [0.4, 0.5) is 0 Å². The highest BCUT2D eigenvalue weighted by Gasteiger charge is 2.25. The van der Waals surface area contributed by atoms with Gasteiger partial charge >= 0.3 is 0 Å². The Morgan fingerprint density at radius 2 is 2.13 bits per heavy atom. The van der Waals surface area contributed by atoms with Gasteiger partial charge < -0.3 is 14.7 Å². The Balaban J connectivity index is 2.13. The standard InChI is InChI=1S/C11H13NO3/c13-10-8-15-7-6-12(10)11(14)9-4-2-1-3-5-9/h1-5,10,13H,6-8H2. The number of carbonyl (C=O) groups is 1. The normalized spacial score (nSPS) is 21.4. The molecular formula is C11H13NO3. The highest BCUT2D eigenvalue weighted by Crippen LogP contribution is 2.10. The van der Waals surface area contributed by atoms with Crippen LogP contribution in [0.15, 0.2) is 30.3 Å². The molecule has 4 heteroatoms. The van der Waals surface area contributed by atoms with Gasteiger partial charge in [0, 0.05) is 12.1 Å². The van der Waals surface area contributed by atoms with Crippen LogP contribution in [0.25, 0.3) is 0 Å². The molecule has 1 heterocycles. The number of benzene rings is 1. The van der Waals surface area contributed by atoms with Crippen molar-refractivity contribution in [2.75, 3.05) is 19.8 Å².